The van der Waals surface area contributed by atoms with Gasteiger partial charge < -0.3 is 14.7 Å². The van der Waals surface area contributed by atoms with Crippen molar-refractivity contribution in [2.24, 2.45) is 5.92 Å². The molecule has 0 N–H and O–H groups in total. The molecule has 0 saturated carbocycles. The van der Waals surface area contributed by atoms with Crippen LogP contribution in [-0.4, -0.2) is 70.9 Å². The molecule has 2 aliphatic rings. The fraction of sp³-hybridized carbons (Fsp3) is 0.429. The van der Waals surface area contributed by atoms with Crippen LogP contribution in [0.2, 0.25) is 0 Å². The normalized spacial score (nSPS) is 19.7. The average molecular weight is 415 g/mol. The Bertz CT molecular complexity index is 919. The molecule has 0 aliphatic carbocycles. The van der Waals surface area contributed by atoms with E-state index in [0.717, 1.165) is 37.3 Å². The van der Waals surface area contributed by atoms with Gasteiger partial charge in [-0.1, -0.05) is 0 Å². The maximum absolute atomic E-state index is 13.4. The number of piperidine rings is 1. The van der Waals surface area contributed by atoms with Crippen LogP contribution in [0.25, 0.3) is 0 Å². The van der Waals surface area contributed by atoms with Gasteiger partial charge in [-0.05, 0) is 31.0 Å². The van der Waals surface area contributed by atoms with Crippen LogP contribution in [-0.2, 0) is 4.79 Å². The van der Waals surface area contributed by atoms with Crippen LogP contribution in [0.3, 0.4) is 0 Å². The fourth-order valence-electron chi connectivity index (χ4n) is 4.04. The van der Waals surface area contributed by atoms with Crippen molar-refractivity contribution in [3.63, 3.8) is 0 Å². The maximum atomic E-state index is 13.4. The highest BCUT2D eigenvalue weighted by Gasteiger charge is 2.32. The lowest BCUT2D eigenvalue weighted by molar-refractivity contribution is -0.137. The third kappa shape index (κ3) is 4.24. The van der Waals surface area contributed by atoms with Crippen LogP contribution in [0, 0.1) is 17.6 Å². The summed E-state index contributed by atoms with van der Waals surface area (Å²) >= 11 is 0. The second-order valence-electron chi connectivity index (χ2n) is 7.60. The quantitative estimate of drug-likeness (QED) is 0.767. The molecule has 1 aromatic carbocycles. The lowest BCUT2D eigenvalue weighted by Crippen LogP contribution is -2.53. The lowest BCUT2D eigenvalue weighted by atomic mass is 9.96. The number of nitrogens with zero attached hydrogens (tertiary/aromatic N) is 5. The van der Waals surface area contributed by atoms with Crippen molar-refractivity contribution in [3.8, 4) is 0 Å². The van der Waals surface area contributed by atoms with E-state index in [1.54, 1.807) is 28.4 Å². The van der Waals surface area contributed by atoms with Gasteiger partial charge in [0.25, 0.3) is 5.91 Å². The molecular weight excluding hydrogens is 392 g/mol. The molecule has 158 valence electrons. The zero-order valence-corrected chi connectivity index (χ0v) is 16.5. The number of rotatable bonds is 3. The molecule has 2 amide bonds. The van der Waals surface area contributed by atoms with Gasteiger partial charge in [-0.2, -0.15) is 0 Å². The molecule has 2 aromatic rings. The first-order valence-electron chi connectivity index (χ1n) is 10.1. The number of carbonyl (C=O) groups excluding carboxylic acids is 2. The molecule has 1 aromatic heterocycles. The number of halogens is 2. The number of aromatic nitrogens is 2. The Morgan fingerprint density at radius 3 is 2.43 bits per heavy atom. The first-order valence-corrected chi connectivity index (χ1v) is 10.1. The largest absolute Gasteiger partial charge is 0.355 e. The first-order chi connectivity index (χ1) is 14.5. The highest BCUT2D eigenvalue weighted by molar-refractivity contribution is 5.94. The zero-order chi connectivity index (χ0) is 21.1. The molecule has 2 fully saturated rings. The average Bonchev–Trinajstić information content (AvgIpc) is 2.80. The molecule has 4 rings (SSSR count). The van der Waals surface area contributed by atoms with E-state index in [1.165, 1.54) is 6.07 Å². The Labute approximate surface area is 173 Å². The number of anilines is 1. The molecule has 1 unspecified atom stereocenters. The maximum Gasteiger partial charge on any atom is 0.254 e. The molecular formula is C21H23F2N5O2. The van der Waals surface area contributed by atoms with Gasteiger partial charge in [-0.15, -0.1) is 0 Å². The minimum atomic E-state index is -1.04. The number of hydrogen-bond donors (Lipinski definition) is 0. The summed E-state index contributed by atoms with van der Waals surface area (Å²) in [7, 11) is 0. The van der Waals surface area contributed by atoms with Crippen LogP contribution in [0.15, 0.2) is 36.8 Å². The second-order valence-corrected chi connectivity index (χ2v) is 7.60. The molecule has 3 heterocycles. The standard InChI is InChI=1S/C21H23F2N5O2/c22-17-4-3-15(12-18(17)23)20(29)26-8-10-27(11-9-26)21(30)16-2-1-7-28(14-16)19-13-24-5-6-25-19/h3-6,12-13,16H,1-2,7-11,14H2. The van der Waals surface area contributed by atoms with Crippen molar-refractivity contribution in [3.05, 3.63) is 54.0 Å². The van der Waals surface area contributed by atoms with Crippen LogP contribution < -0.4 is 4.90 Å². The van der Waals surface area contributed by atoms with Gasteiger partial charge in [-0.3, -0.25) is 14.6 Å². The number of benzene rings is 1. The van der Waals surface area contributed by atoms with Gasteiger partial charge in [0, 0.05) is 57.2 Å². The topological polar surface area (TPSA) is 69.6 Å². The molecule has 2 aliphatic heterocycles. The summed E-state index contributed by atoms with van der Waals surface area (Å²) in [4.78, 5) is 39.5. The molecule has 30 heavy (non-hydrogen) atoms. The molecule has 0 spiro atoms. The van der Waals surface area contributed by atoms with Crippen LogP contribution in [0.5, 0.6) is 0 Å². The zero-order valence-electron chi connectivity index (χ0n) is 16.5. The Morgan fingerprint density at radius 2 is 1.73 bits per heavy atom. The number of amides is 2. The Balaban J connectivity index is 1.34. The summed E-state index contributed by atoms with van der Waals surface area (Å²) in [5, 5.41) is 0. The van der Waals surface area contributed by atoms with Crippen LogP contribution in [0.4, 0.5) is 14.6 Å². The van der Waals surface area contributed by atoms with Crippen molar-refractivity contribution in [2.45, 2.75) is 12.8 Å². The summed E-state index contributed by atoms with van der Waals surface area (Å²) in [6.45, 7) is 3.03. The summed E-state index contributed by atoms with van der Waals surface area (Å²) in [6.07, 6.45) is 6.70. The van der Waals surface area contributed by atoms with Crippen molar-refractivity contribution >= 4 is 17.6 Å². The first kappa shape index (κ1) is 20.2. The second kappa shape index (κ2) is 8.73. The van der Waals surface area contributed by atoms with E-state index in [0.29, 0.717) is 32.7 Å². The van der Waals surface area contributed by atoms with Crippen molar-refractivity contribution in [1.29, 1.82) is 0 Å². The van der Waals surface area contributed by atoms with Gasteiger partial charge in [0.15, 0.2) is 11.6 Å². The molecule has 0 radical (unpaired) electrons. The Kier molecular flexibility index (Phi) is 5.87. The van der Waals surface area contributed by atoms with E-state index in [2.05, 4.69) is 14.9 Å². The summed E-state index contributed by atoms with van der Waals surface area (Å²) in [5.74, 6) is -1.63. The Hall–Kier alpha value is -3.10. The molecule has 7 nitrogen and oxygen atoms in total. The van der Waals surface area contributed by atoms with Gasteiger partial charge in [-0.25, -0.2) is 13.8 Å². The van der Waals surface area contributed by atoms with Crippen LogP contribution >= 0.6 is 0 Å². The van der Waals surface area contributed by atoms with E-state index in [4.69, 9.17) is 0 Å². The molecule has 0 bridgehead atoms. The van der Waals surface area contributed by atoms with Gasteiger partial charge in [0.1, 0.15) is 5.82 Å². The third-order valence-electron chi connectivity index (χ3n) is 5.69. The smallest absolute Gasteiger partial charge is 0.254 e. The highest BCUT2D eigenvalue weighted by atomic mass is 19.2. The van der Waals surface area contributed by atoms with Gasteiger partial charge in [0.2, 0.25) is 5.91 Å². The monoisotopic (exact) mass is 415 g/mol. The summed E-state index contributed by atoms with van der Waals surface area (Å²) < 4.78 is 26.5. The number of hydrogen-bond acceptors (Lipinski definition) is 5. The minimum absolute atomic E-state index is 0.0866. The summed E-state index contributed by atoms with van der Waals surface area (Å²) in [6, 6.07) is 3.15. The van der Waals surface area contributed by atoms with Gasteiger partial charge in [0.05, 0.1) is 12.1 Å². The number of carbonyl (C=O) groups is 2. The molecule has 1 atom stereocenters. The van der Waals surface area contributed by atoms with E-state index in [-0.39, 0.29) is 23.3 Å². The third-order valence-corrected chi connectivity index (χ3v) is 5.69. The SMILES string of the molecule is O=C(c1ccc(F)c(F)c1)N1CCN(C(=O)C2CCCN(c3cnccn3)C2)CC1. The summed E-state index contributed by atoms with van der Waals surface area (Å²) in [5.41, 5.74) is 0.112. The van der Waals surface area contributed by atoms with E-state index in [9.17, 15) is 18.4 Å². The fourth-order valence-corrected chi connectivity index (χ4v) is 4.04. The van der Waals surface area contributed by atoms with Crippen molar-refractivity contribution in [2.75, 3.05) is 44.2 Å². The molecule has 9 heteroatoms. The van der Waals surface area contributed by atoms with Crippen LogP contribution in [0.1, 0.15) is 23.2 Å². The van der Waals surface area contributed by atoms with Crippen molar-refractivity contribution in [1.82, 2.24) is 19.8 Å². The highest BCUT2D eigenvalue weighted by Crippen LogP contribution is 2.23. The van der Waals surface area contributed by atoms with E-state index < -0.39 is 11.6 Å². The lowest BCUT2D eigenvalue weighted by Gasteiger charge is -2.39. The predicted molar refractivity (Wildman–Crippen MR) is 106 cm³/mol. The van der Waals surface area contributed by atoms with E-state index in [1.807, 2.05) is 0 Å². The number of piperazine rings is 1. The van der Waals surface area contributed by atoms with E-state index >= 15 is 0 Å². The molecule has 2 saturated heterocycles. The van der Waals surface area contributed by atoms with Crippen molar-refractivity contribution < 1.29 is 18.4 Å². The predicted octanol–water partition coefficient (Wildman–Crippen LogP) is 1.96. The van der Waals surface area contributed by atoms with Gasteiger partial charge >= 0.3 is 0 Å². The minimum Gasteiger partial charge on any atom is -0.355 e. The Morgan fingerprint density at radius 1 is 0.967 bits per heavy atom.